The number of fused-ring (bicyclic) bond motifs is 10. The Kier molecular flexibility index (Phi) is 5.25. The van der Waals surface area contributed by atoms with Crippen LogP contribution in [0.1, 0.15) is 0 Å². The highest BCUT2D eigenvalue weighted by Crippen LogP contribution is 2.48. The maximum Gasteiger partial charge on any atom is 0.260 e. The van der Waals surface area contributed by atoms with E-state index >= 15 is 0 Å². The lowest BCUT2D eigenvalue weighted by molar-refractivity contribution is 0.469. The number of benzene rings is 7. The zero-order chi connectivity index (χ0) is 29.5. The molecular weight excluding hydrogens is 569 g/mol. The molecule has 45 heavy (non-hydrogen) atoms. The first-order valence-electron chi connectivity index (χ1n) is 15.2. The molecule has 1 aromatic heterocycles. The van der Waals surface area contributed by atoms with E-state index in [2.05, 4.69) is 144 Å². The van der Waals surface area contributed by atoms with Crippen LogP contribution in [0.5, 0.6) is 23.0 Å². The first-order valence-corrected chi connectivity index (χ1v) is 16.0. The number of rotatable bonds is 3. The van der Waals surface area contributed by atoms with Gasteiger partial charge in [0.25, 0.3) is 6.71 Å². The second-order valence-electron chi connectivity index (χ2n) is 11.7. The third kappa shape index (κ3) is 3.65. The molecule has 2 aliphatic heterocycles. The summed E-state index contributed by atoms with van der Waals surface area (Å²) in [6.07, 6.45) is 0. The van der Waals surface area contributed by atoms with E-state index in [9.17, 15) is 0 Å². The molecule has 0 spiro atoms. The first kappa shape index (κ1) is 24.9. The molecule has 0 amide bonds. The molecule has 0 saturated carbocycles. The van der Waals surface area contributed by atoms with Gasteiger partial charge in [0.1, 0.15) is 23.0 Å². The molecule has 0 unspecified atom stereocenters. The average Bonchev–Trinajstić information content (AvgIpc) is 3.48. The predicted octanol–water partition coefficient (Wildman–Crippen LogP) is 9.41. The van der Waals surface area contributed by atoms with Crippen molar-refractivity contribution in [3.63, 3.8) is 0 Å². The van der Waals surface area contributed by atoms with Gasteiger partial charge in [0.2, 0.25) is 0 Å². The monoisotopic (exact) mass is 593 g/mol. The summed E-state index contributed by atoms with van der Waals surface area (Å²) >= 11 is 1.82. The summed E-state index contributed by atoms with van der Waals surface area (Å²) in [5, 5.41) is 4.83. The van der Waals surface area contributed by atoms with Crippen molar-refractivity contribution in [1.29, 1.82) is 0 Å². The maximum atomic E-state index is 6.77. The van der Waals surface area contributed by atoms with Gasteiger partial charge in [-0.3, -0.25) is 0 Å². The Morgan fingerprint density at radius 1 is 0.467 bits per heavy atom. The molecule has 0 saturated heterocycles. The minimum atomic E-state index is 0.0702. The maximum absolute atomic E-state index is 6.77. The normalized spacial score (nSPS) is 12.8. The molecule has 10 rings (SSSR count). The van der Waals surface area contributed by atoms with Crippen molar-refractivity contribution in [3.8, 4) is 23.0 Å². The highest BCUT2D eigenvalue weighted by atomic mass is 32.1. The summed E-state index contributed by atoms with van der Waals surface area (Å²) in [5.41, 5.74) is 6.87. The lowest BCUT2D eigenvalue weighted by atomic mass is 9.35. The quantitative estimate of drug-likeness (QED) is 0.191. The number of nitrogens with zero attached hydrogens (tertiary/aromatic N) is 1. The summed E-state index contributed by atoms with van der Waals surface area (Å²) < 4.78 is 15.8. The van der Waals surface area contributed by atoms with E-state index < -0.39 is 0 Å². The fourth-order valence-electron chi connectivity index (χ4n) is 7.18. The van der Waals surface area contributed by atoms with Crippen LogP contribution in [0.25, 0.3) is 30.9 Å². The van der Waals surface area contributed by atoms with E-state index in [1.54, 1.807) is 0 Å². The van der Waals surface area contributed by atoms with Gasteiger partial charge in [0.05, 0.1) is 4.70 Å². The lowest BCUT2D eigenvalue weighted by Gasteiger charge is -2.33. The summed E-state index contributed by atoms with van der Waals surface area (Å²) in [6, 6.07) is 51.5. The molecule has 0 N–H and O–H groups in total. The van der Waals surface area contributed by atoms with Crippen LogP contribution in [-0.4, -0.2) is 6.71 Å². The SMILES string of the molecule is c1ccc(N(c2ccccc2)c2ccc3c(ccc4c5cc6c7c(c5sc34)Oc3ccccc3B7c3ccccc3O6)c2)cc1. The molecule has 0 aliphatic carbocycles. The Morgan fingerprint density at radius 3 is 1.80 bits per heavy atom. The third-order valence-corrected chi connectivity index (χ3v) is 10.4. The Labute approximate surface area is 264 Å². The molecule has 3 heterocycles. The summed E-state index contributed by atoms with van der Waals surface area (Å²) in [4.78, 5) is 2.31. The van der Waals surface area contributed by atoms with Crippen LogP contribution in [0.4, 0.5) is 17.1 Å². The van der Waals surface area contributed by atoms with Crippen LogP contribution in [0.15, 0.2) is 146 Å². The van der Waals surface area contributed by atoms with Crippen molar-refractivity contribution in [3.05, 3.63) is 146 Å². The van der Waals surface area contributed by atoms with E-state index in [1.807, 2.05) is 17.4 Å². The molecule has 210 valence electrons. The van der Waals surface area contributed by atoms with E-state index in [-0.39, 0.29) is 6.71 Å². The van der Waals surface area contributed by atoms with Crippen molar-refractivity contribution in [2.45, 2.75) is 0 Å². The van der Waals surface area contributed by atoms with Gasteiger partial charge in [-0.15, -0.1) is 11.3 Å². The van der Waals surface area contributed by atoms with Crippen LogP contribution in [0.2, 0.25) is 0 Å². The largest absolute Gasteiger partial charge is 0.458 e. The summed E-state index contributed by atoms with van der Waals surface area (Å²) in [6.45, 7) is 0.0702. The smallest absolute Gasteiger partial charge is 0.260 e. The van der Waals surface area contributed by atoms with Gasteiger partial charge in [0.15, 0.2) is 0 Å². The van der Waals surface area contributed by atoms with Crippen molar-refractivity contribution < 1.29 is 9.47 Å². The molecule has 3 nitrogen and oxygen atoms in total. The Morgan fingerprint density at radius 2 is 1.09 bits per heavy atom. The molecule has 0 atom stereocenters. The Hall–Kier alpha value is -5.52. The number of anilines is 3. The number of para-hydroxylation sites is 4. The molecule has 2 aliphatic rings. The number of hydrogen-bond acceptors (Lipinski definition) is 4. The zero-order valence-corrected chi connectivity index (χ0v) is 24.9. The first-order chi connectivity index (χ1) is 22.3. The predicted molar refractivity (Wildman–Crippen MR) is 189 cm³/mol. The van der Waals surface area contributed by atoms with Crippen molar-refractivity contribution in [2.24, 2.45) is 0 Å². The summed E-state index contributed by atoms with van der Waals surface area (Å²) in [7, 11) is 0. The number of thiophene rings is 1. The fraction of sp³-hybridized carbons (Fsp3) is 0. The van der Waals surface area contributed by atoms with Gasteiger partial charge in [-0.2, -0.15) is 0 Å². The number of hydrogen-bond donors (Lipinski definition) is 0. The van der Waals surface area contributed by atoms with Gasteiger partial charge < -0.3 is 14.4 Å². The second-order valence-corrected chi connectivity index (χ2v) is 12.7. The van der Waals surface area contributed by atoms with E-state index in [0.29, 0.717) is 0 Å². The van der Waals surface area contributed by atoms with E-state index in [0.717, 1.165) is 50.2 Å². The molecule has 5 heteroatoms. The second kappa shape index (κ2) is 9.49. The molecule has 7 aromatic carbocycles. The topological polar surface area (TPSA) is 21.7 Å². The van der Waals surface area contributed by atoms with Crippen molar-refractivity contribution >= 4 is 82.4 Å². The Bertz CT molecular complexity index is 2410. The van der Waals surface area contributed by atoms with Gasteiger partial charge in [-0.1, -0.05) is 91.0 Å². The Balaban J connectivity index is 1.19. The van der Waals surface area contributed by atoms with Crippen molar-refractivity contribution in [1.82, 2.24) is 0 Å². The third-order valence-electron chi connectivity index (χ3n) is 9.15. The van der Waals surface area contributed by atoms with Crippen LogP contribution in [-0.2, 0) is 0 Å². The van der Waals surface area contributed by atoms with Gasteiger partial charge >= 0.3 is 0 Å². The molecule has 8 aromatic rings. The van der Waals surface area contributed by atoms with Crippen LogP contribution in [0, 0.1) is 0 Å². The molecule has 0 bridgehead atoms. The molecular formula is C40H24BNO2S. The van der Waals surface area contributed by atoms with Gasteiger partial charge in [-0.05, 0) is 76.3 Å². The van der Waals surface area contributed by atoms with Crippen LogP contribution < -0.4 is 30.8 Å². The minimum absolute atomic E-state index is 0.0702. The van der Waals surface area contributed by atoms with Gasteiger partial charge in [-0.25, -0.2) is 0 Å². The lowest BCUT2D eigenvalue weighted by Crippen LogP contribution is -2.57. The van der Waals surface area contributed by atoms with Crippen LogP contribution in [0.3, 0.4) is 0 Å². The fourth-order valence-corrected chi connectivity index (χ4v) is 8.49. The summed E-state index contributed by atoms with van der Waals surface area (Å²) in [5.74, 6) is 3.63. The zero-order valence-electron chi connectivity index (χ0n) is 24.1. The van der Waals surface area contributed by atoms with Gasteiger partial charge in [0, 0.05) is 38.0 Å². The average molecular weight is 594 g/mol. The van der Waals surface area contributed by atoms with Crippen molar-refractivity contribution in [2.75, 3.05) is 4.90 Å². The minimum Gasteiger partial charge on any atom is -0.458 e. The highest BCUT2D eigenvalue weighted by molar-refractivity contribution is 7.27. The molecule has 0 fully saturated rings. The highest BCUT2D eigenvalue weighted by Gasteiger charge is 2.41. The standard InChI is InChI=1S/C40H24BNO2S/c1-3-11-26(12-4-1)42(27-13-5-2-6-14-27)28-20-22-29-25(23-28)19-21-30-31-24-36-37-38(40(31)45-39(29)30)44-35-18-10-8-16-33(35)41(37)32-15-7-9-17-34(32)43-36/h1-24H. The number of ether oxygens (including phenoxy) is 2. The van der Waals surface area contributed by atoms with E-state index in [1.165, 1.54) is 37.2 Å². The molecule has 0 radical (unpaired) electrons. The van der Waals surface area contributed by atoms with Crippen LogP contribution >= 0.6 is 11.3 Å². The van der Waals surface area contributed by atoms with E-state index in [4.69, 9.17) is 9.47 Å².